The number of hydrogen-bond acceptors (Lipinski definition) is 14. The maximum atomic E-state index is 6.97. The molecule has 80 heavy (non-hydrogen) atoms. The van der Waals surface area contributed by atoms with Gasteiger partial charge in [-0.1, -0.05) is 165 Å². The summed E-state index contributed by atoms with van der Waals surface area (Å²) in [6.45, 7) is 54.4. The molecule has 14 unspecified atom stereocenters. The maximum Gasteiger partial charge on any atom is 0.161 e. The van der Waals surface area contributed by atoms with Crippen LogP contribution in [0.4, 0.5) is 0 Å². The van der Waals surface area contributed by atoms with Crippen LogP contribution in [-0.2, 0) is 66.3 Å². The van der Waals surface area contributed by atoms with Crippen LogP contribution in [0.3, 0.4) is 0 Å². The number of hydrogen-bond donors (Lipinski definition) is 0. The Morgan fingerprint density at radius 2 is 0.300 bits per heavy atom. The van der Waals surface area contributed by atoms with Crippen molar-refractivity contribution in [3.8, 4) is 0 Å². The highest BCUT2D eigenvalue weighted by atomic mass is 16.8. The summed E-state index contributed by atoms with van der Waals surface area (Å²) in [4.78, 5) is 0. The summed E-state index contributed by atoms with van der Waals surface area (Å²) in [5, 5.41) is 0. The Labute approximate surface area is 490 Å². The van der Waals surface area contributed by atoms with Crippen LogP contribution in [0.5, 0.6) is 0 Å². The molecule has 21 saturated heterocycles. The third-order valence-electron chi connectivity index (χ3n) is 21.1. The van der Waals surface area contributed by atoms with Gasteiger partial charge >= 0.3 is 0 Å². The van der Waals surface area contributed by atoms with Gasteiger partial charge in [0.2, 0.25) is 0 Å². The summed E-state index contributed by atoms with van der Waals surface area (Å²) in [6.07, 6.45) is -0.247. The molecule has 0 aliphatic carbocycles. The average molecular weight is 1140 g/mol. The molecule has 0 aromatic heterocycles. The van der Waals surface area contributed by atoms with Crippen LogP contribution in [0.25, 0.3) is 0 Å². The van der Waals surface area contributed by atoms with E-state index in [-0.39, 0.29) is 183 Å². The SMILES string of the molecule is C.C.CC.CC1[C@@H]2OC(C)[C@@H](O[C@H]3OC(C)[C@@H](O[C@H]4OC(C)[C@@H](O[C@@H]5OC(C)[C@@H](O[C@H]6OC(C)[C@@H](O[C@@H]7OC(C)[C@@H](O[C@H]8OC(C)[C@@H](O2)[C@H](C)C8C)[C@H](C)C7C)[C@H](C)C6C)[C@H](C)C5C)[C@H](C)C4C)[C@H](C)C3C)[C@@H]1C.CCCCCC. The maximum absolute atomic E-state index is 6.97. The van der Waals surface area contributed by atoms with Crippen molar-refractivity contribution in [2.24, 2.45) is 82.9 Å². The normalized spacial score (nSPS) is 53.0. The zero-order valence-electron chi connectivity index (χ0n) is 53.8. The van der Waals surface area contributed by atoms with Gasteiger partial charge < -0.3 is 66.3 Å². The molecule has 21 aliphatic rings. The van der Waals surface area contributed by atoms with Crippen LogP contribution in [0, 0.1) is 82.9 Å². The highest BCUT2D eigenvalue weighted by Gasteiger charge is 2.54. The molecule has 0 N–H and O–H groups in total. The lowest BCUT2D eigenvalue weighted by Gasteiger charge is -2.51. The van der Waals surface area contributed by atoms with Gasteiger partial charge in [0.05, 0.1) is 85.5 Å². The lowest BCUT2D eigenvalue weighted by molar-refractivity contribution is -0.364. The Hall–Kier alpha value is -0.560. The molecule has 35 atom stereocenters. The molecule has 0 saturated carbocycles. The van der Waals surface area contributed by atoms with Crippen LogP contribution in [0.1, 0.15) is 214 Å². The van der Waals surface area contributed by atoms with Crippen LogP contribution in [0.15, 0.2) is 0 Å². The first-order valence-corrected chi connectivity index (χ1v) is 32.0. The van der Waals surface area contributed by atoms with Gasteiger partial charge in [0.25, 0.3) is 0 Å². The van der Waals surface area contributed by atoms with Gasteiger partial charge in [0.1, 0.15) is 0 Å². The summed E-state index contributed by atoms with van der Waals surface area (Å²) >= 11 is 0. The average Bonchev–Trinajstić information content (AvgIpc) is 3.42. The molecule has 21 fully saturated rings. The third-order valence-corrected chi connectivity index (χ3v) is 21.1. The summed E-state index contributed by atoms with van der Waals surface area (Å²) in [7, 11) is 0. The number of ether oxygens (including phenoxy) is 14. The fourth-order valence-corrected chi connectivity index (χ4v) is 14.0. The first-order chi connectivity index (χ1) is 36.8. The molecule has 0 spiro atoms. The molecule has 14 bridgehead atoms. The third kappa shape index (κ3) is 15.6. The van der Waals surface area contributed by atoms with Crippen molar-refractivity contribution >= 4 is 0 Å². The second-order valence-electron chi connectivity index (χ2n) is 26.4. The molecule has 21 rings (SSSR count). The minimum Gasteiger partial charge on any atom is -0.347 e. The van der Waals surface area contributed by atoms with Crippen molar-refractivity contribution in [3.63, 3.8) is 0 Å². The lowest BCUT2D eigenvalue weighted by atomic mass is 9.81. The van der Waals surface area contributed by atoms with Crippen molar-refractivity contribution in [3.05, 3.63) is 0 Å². The van der Waals surface area contributed by atoms with E-state index in [9.17, 15) is 0 Å². The standard InChI is InChI=1S/C56H98O14.C6H14.C2H6.2CH4/c1-22-29(8)50-57-36(15)43(22)64-51-30(9)23(2)45(38(17)58-51)66-53-32(11)25(4)47(40(19)60-53)68-55-34(13)27(6)49(42(21)62-55)70-56-35(14)28(7)48(41(20)63-56)69-54-33(12)26(5)46(39(18)61-54)67-52-31(10)24(3)44(65-50)37(16)59-52;1-3-5-6-4-2;1-2;;/h22-56H,1-21H3;3-6H2,1-2H3;1-2H3;2*1H4/t22-,23-,24-,25-,26-,27-,28-,29?,30?,31?,32?,33?,34?,35?,36?,37?,38?,39?,40?,41?,42?,43+,44+,45+,46+,47+,48+,49+,50-,51-,52-,53-,54+,55+,56-;;;;/m1..../s1. The quantitative estimate of drug-likeness (QED) is 0.249. The molecule has 0 radical (unpaired) electrons. The van der Waals surface area contributed by atoms with E-state index in [2.05, 4.69) is 159 Å². The Morgan fingerprint density at radius 3 is 0.400 bits per heavy atom. The topological polar surface area (TPSA) is 129 Å². The van der Waals surface area contributed by atoms with Crippen molar-refractivity contribution in [1.82, 2.24) is 0 Å². The van der Waals surface area contributed by atoms with E-state index in [1.807, 2.05) is 13.8 Å². The Kier molecular flexibility index (Phi) is 28.2. The zero-order chi connectivity index (χ0) is 57.9. The van der Waals surface area contributed by atoms with E-state index in [0.717, 1.165) is 0 Å². The van der Waals surface area contributed by atoms with E-state index in [4.69, 9.17) is 66.3 Å². The second-order valence-corrected chi connectivity index (χ2v) is 26.4. The first kappa shape index (κ1) is 71.9. The van der Waals surface area contributed by atoms with E-state index in [1.165, 1.54) is 25.7 Å². The molecule has 21 aliphatic heterocycles. The molecule has 0 amide bonds. The van der Waals surface area contributed by atoms with Crippen LogP contribution < -0.4 is 0 Å². The molecule has 14 nitrogen and oxygen atoms in total. The van der Waals surface area contributed by atoms with Gasteiger partial charge in [0.15, 0.2) is 44.0 Å². The van der Waals surface area contributed by atoms with Gasteiger partial charge in [-0.15, -0.1) is 0 Å². The van der Waals surface area contributed by atoms with Crippen molar-refractivity contribution in [1.29, 1.82) is 0 Å². The van der Waals surface area contributed by atoms with E-state index < -0.39 is 44.0 Å². The van der Waals surface area contributed by atoms with Gasteiger partial charge in [-0.25, -0.2) is 0 Å². The Bertz CT molecular complexity index is 1420. The van der Waals surface area contributed by atoms with Crippen LogP contribution in [-0.4, -0.2) is 129 Å². The van der Waals surface area contributed by atoms with Crippen molar-refractivity contribution < 1.29 is 66.3 Å². The lowest BCUT2D eigenvalue weighted by Crippen LogP contribution is -2.59. The molecular formula is C66H126O14. The molecule has 21 heterocycles. The largest absolute Gasteiger partial charge is 0.347 e. The predicted molar refractivity (Wildman–Crippen MR) is 317 cm³/mol. The highest BCUT2D eigenvalue weighted by molar-refractivity contribution is 4.96. The minimum absolute atomic E-state index is 0. The van der Waals surface area contributed by atoms with Gasteiger partial charge in [0, 0.05) is 41.4 Å². The Morgan fingerprint density at radius 1 is 0.188 bits per heavy atom. The summed E-state index contributed by atoms with van der Waals surface area (Å²) in [6, 6.07) is 0. The van der Waals surface area contributed by atoms with Crippen LogP contribution >= 0.6 is 0 Å². The van der Waals surface area contributed by atoms with Crippen molar-refractivity contribution in [2.75, 3.05) is 0 Å². The molecule has 474 valence electrons. The van der Waals surface area contributed by atoms with E-state index >= 15 is 0 Å². The highest BCUT2D eigenvalue weighted by Crippen LogP contribution is 2.47. The first-order valence-electron chi connectivity index (χ1n) is 32.0. The summed E-state index contributed by atoms with van der Waals surface area (Å²) < 4.78 is 96.1. The van der Waals surface area contributed by atoms with Gasteiger partial charge in [-0.3, -0.25) is 0 Å². The smallest absolute Gasteiger partial charge is 0.161 e. The number of rotatable bonds is 3. The molecule has 0 aromatic carbocycles. The summed E-state index contributed by atoms with van der Waals surface area (Å²) in [5.41, 5.74) is 0. The minimum atomic E-state index is -0.419. The summed E-state index contributed by atoms with van der Waals surface area (Å²) in [5.74, 6) is 1.37. The predicted octanol–water partition coefficient (Wildman–Crippen LogP) is 14.7. The number of unbranched alkanes of at least 4 members (excludes halogenated alkanes) is 3. The Balaban J connectivity index is 0.00000129. The van der Waals surface area contributed by atoms with Gasteiger partial charge in [-0.2, -0.15) is 0 Å². The van der Waals surface area contributed by atoms with Crippen LogP contribution in [0.2, 0.25) is 0 Å². The zero-order valence-corrected chi connectivity index (χ0v) is 53.8. The van der Waals surface area contributed by atoms with E-state index in [0.29, 0.717) is 0 Å². The fraction of sp³-hybridized carbons (Fsp3) is 1.00. The van der Waals surface area contributed by atoms with Gasteiger partial charge in [-0.05, 0) is 89.9 Å². The van der Waals surface area contributed by atoms with Crippen molar-refractivity contribution in [2.45, 2.75) is 343 Å². The van der Waals surface area contributed by atoms with E-state index in [1.54, 1.807) is 0 Å². The molecular weight excluding hydrogens is 1020 g/mol. The fourth-order valence-electron chi connectivity index (χ4n) is 14.0. The second kappa shape index (κ2) is 31.4. The monoisotopic (exact) mass is 1140 g/mol. The molecule has 14 heteroatoms. The molecule has 0 aromatic rings.